The van der Waals surface area contributed by atoms with Gasteiger partial charge in [-0.2, -0.15) is 0 Å². The molecule has 4 bridgehead atoms. The van der Waals surface area contributed by atoms with Crippen LogP contribution in [-0.2, 0) is 47.6 Å². The Morgan fingerprint density at radius 1 is 0.714 bits per heavy atom. The zero-order valence-electron chi connectivity index (χ0n) is 22.5. The first-order valence-corrected chi connectivity index (χ1v) is 14.4. The fraction of sp³-hybridized carbons (Fsp3) is 0.533. The van der Waals surface area contributed by atoms with E-state index in [1.165, 1.54) is 0 Å². The fourth-order valence-electron chi connectivity index (χ4n) is 7.64. The van der Waals surface area contributed by atoms with Crippen LogP contribution in [-0.4, -0.2) is 98.9 Å². The summed E-state index contributed by atoms with van der Waals surface area (Å²) in [6.45, 7) is 2.39. The molecule has 218 valence electrons. The van der Waals surface area contributed by atoms with Gasteiger partial charge in [0.25, 0.3) is 0 Å². The van der Waals surface area contributed by atoms with Crippen LogP contribution in [0.25, 0.3) is 0 Å². The molecule has 4 amide bonds. The molecule has 10 unspecified atom stereocenters. The Kier molecular flexibility index (Phi) is 5.20. The molecule has 12 nitrogen and oxygen atoms in total. The number of carbonyl (C=O) groups is 4. The minimum absolute atomic E-state index is 0.0627. The Bertz CT molecular complexity index is 1380. The molecule has 8 heterocycles. The summed E-state index contributed by atoms with van der Waals surface area (Å²) in [5.41, 5.74) is -1.43. The maximum atomic E-state index is 13.8. The van der Waals surface area contributed by atoms with Crippen LogP contribution < -0.4 is 9.80 Å². The molecule has 42 heavy (non-hydrogen) atoms. The van der Waals surface area contributed by atoms with Crippen molar-refractivity contribution < 1.29 is 47.6 Å². The van der Waals surface area contributed by atoms with E-state index in [0.29, 0.717) is 37.8 Å². The first kappa shape index (κ1) is 25.3. The Labute approximate surface area is 240 Å². The van der Waals surface area contributed by atoms with Gasteiger partial charge in [0.2, 0.25) is 23.6 Å². The number of hydrogen-bond donors (Lipinski definition) is 0. The number of epoxide rings is 2. The van der Waals surface area contributed by atoms with Gasteiger partial charge < -0.3 is 28.4 Å². The highest BCUT2D eigenvalue weighted by molar-refractivity contribution is 6.25. The van der Waals surface area contributed by atoms with Crippen LogP contribution >= 0.6 is 0 Å². The van der Waals surface area contributed by atoms with Gasteiger partial charge >= 0.3 is 0 Å². The number of benzene rings is 1. The normalized spacial score (nSPS) is 43.3. The highest BCUT2D eigenvalue weighted by Crippen LogP contribution is 2.54. The van der Waals surface area contributed by atoms with Gasteiger partial charge in [0, 0.05) is 0 Å². The van der Waals surface area contributed by atoms with Crippen molar-refractivity contribution in [3.05, 3.63) is 48.6 Å². The summed E-state index contributed by atoms with van der Waals surface area (Å²) in [6.07, 6.45) is 6.40. The zero-order valence-corrected chi connectivity index (χ0v) is 22.5. The van der Waals surface area contributed by atoms with E-state index in [-0.39, 0.29) is 49.1 Å². The van der Waals surface area contributed by atoms with Crippen molar-refractivity contribution in [1.82, 2.24) is 0 Å². The summed E-state index contributed by atoms with van der Waals surface area (Å²) in [6, 6.07) is 6.48. The van der Waals surface area contributed by atoms with E-state index in [2.05, 4.69) is 0 Å². The number of amides is 4. The van der Waals surface area contributed by atoms with Gasteiger partial charge in [-0.1, -0.05) is 30.4 Å². The van der Waals surface area contributed by atoms with Crippen LogP contribution in [0.3, 0.4) is 0 Å². The fourth-order valence-corrected chi connectivity index (χ4v) is 7.64. The van der Waals surface area contributed by atoms with Gasteiger partial charge in [-0.3, -0.25) is 19.2 Å². The van der Waals surface area contributed by atoms with Crippen molar-refractivity contribution in [3.63, 3.8) is 0 Å². The molecule has 6 fully saturated rings. The average Bonchev–Trinajstić information content (AvgIpc) is 3.75. The zero-order chi connectivity index (χ0) is 28.4. The molecule has 1 aromatic rings. The molecule has 6 saturated heterocycles. The molecular weight excluding hydrogens is 548 g/mol. The van der Waals surface area contributed by atoms with Crippen molar-refractivity contribution in [2.45, 2.75) is 35.6 Å². The summed E-state index contributed by atoms with van der Waals surface area (Å²) >= 11 is 0. The number of nitrogens with zero attached hydrogens (tertiary/aromatic N) is 2. The molecule has 0 aliphatic carbocycles. The molecule has 9 rings (SSSR count). The maximum Gasteiger partial charge on any atom is 0.241 e. The van der Waals surface area contributed by atoms with Crippen LogP contribution in [0, 0.1) is 23.7 Å². The second-order valence-corrected chi connectivity index (χ2v) is 12.3. The third kappa shape index (κ3) is 3.44. The lowest BCUT2D eigenvalue weighted by atomic mass is 9.77. The maximum absolute atomic E-state index is 13.8. The van der Waals surface area contributed by atoms with E-state index < -0.39 is 47.1 Å². The SMILES string of the molecule is O=C1C2C3C=CC(COCC4CO4)(O3)C2C(=O)N1c1cccc(N2C(=O)C3C4C=CC(COCC5CO5)(O4)C3C2=O)c1. The molecule has 0 radical (unpaired) electrons. The van der Waals surface area contributed by atoms with Gasteiger partial charge in [0.15, 0.2) is 0 Å². The van der Waals surface area contributed by atoms with Crippen molar-refractivity contribution in [1.29, 1.82) is 0 Å². The van der Waals surface area contributed by atoms with Gasteiger partial charge in [-0.25, -0.2) is 9.80 Å². The van der Waals surface area contributed by atoms with Crippen LogP contribution in [0.1, 0.15) is 0 Å². The van der Waals surface area contributed by atoms with Gasteiger partial charge in [-0.15, -0.1) is 0 Å². The first-order valence-electron chi connectivity index (χ1n) is 14.4. The van der Waals surface area contributed by atoms with Crippen LogP contribution in [0.2, 0.25) is 0 Å². The lowest BCUT2D eigenvalue weighted by molar-refractivity contribution is -0.130. The van der Waals surface area contributed by atoms with Gasteiger partial charge in [-0.05, 0) is 18.2 Å². The molecule has 0 saturated carbocycles. The lowest BCUT2D eigenvalue weighted by Gasteiger charge is -2.29. The second-order valence-electron chi connectivity index (χ2n) is 12.3. The summed E-state index contributed by atoms with van der Waals surface area (Å²) in [5.74, 6) is -4.29. The minimum Gasteiger partial charge on any atom is -0.375 e. The highest BCUT2D eigenvalue weighted by Gasteiger charge is 2.69. The van der Waals surface area contributed by atoms with Crippen LogP contribution in [0.5, 0.6) is 0 Å². The number of fused-ring (bicyclic) bond motifs is 10. The smallest absolute Gasteiger partial charge is 0.241 e. The monoisotopic (exact) mass is 576 g/mol. The summed E-state index contributed by atoms with van der Waals surface area (Å²) < 4.78 is 34.3. The molecule has 12 heteroatoms. The van der Waals surface area contributed by atoms with Crippen LogP contribution in [0.15, 0.2) is 48.6 Å². The Morgan fingerprint density at radius 3 is 1.60 bits per heavy atom. The van der Waals surface area contributed by atoms with Gasteiger partial charge in [0.05, 0.1) is 86.9 Å². The van der Waals surface area contributed by atoms with E-state index in [1.807, 2.05) is 24.3 Å². The molecule has 8 aliphatic rings. The number of carbonyl (C=O) groups excluding carboxylic acids is 4. The molecule has 1 aromatic carbocycles. The number of hydrogen-bond acceptors (Lipinski definition) is 10. The summed E-state index contributed by atoms with van der Waals surface area (Å²) in [4.78, 5) is 57.3. The predicted octanol–water partition coefficient (Wildman–Crippen LogP) is 0.143. The summed E-state index contributed by atoms with van der Waals surface area (Å²) in [7, 11) is 0. The van der Waals surface area contributed by atoms with Crippen molar-refractivity contribution in [2.24, 2.45) is 23.7 Å². The largest absolute Gasteiger partial charge is 0.375 e. The minimum atomic E-state index is -1.02. The molecule has 8 aliphatic heterocycles. The number of anilines is 2. The second kappa shape index (κ2) is 8.65. The molecular formula is C30H28N2O10. The van der Waals surface area contributed by atoms with E-state index >= 15 is 0 Å². The molecule has 0 N–H and O–H groups in total. The van der Waals surface area contributed by atoms with E-state index in [1.54, 1.807) is 24.3 Å². The van der Waals surface area contributed by atoms with E-state index in [0.717, 1.165) is 9.80 Å². The number of rotatable bonds is 10. The quantitative estimate of drug-likeness (QED) is 0.215. The summed E-state index contributed by atoms with van der Waals surface area (Å²) in [5, 5.41) is 0. The lowest BCUT2D eigenvalue weighted by Crippen LogP contribution is -2.44. The van der Waals surface area contributed by atoms with E-state index in [4.69, 9.17) is 28.4 Å². The third-order valence-electron chi connectivity index (χ3n) is 9.72. The Hall–Kier alpha value is -3.26. The Morgan fingerprint density at radius 2 is 1.17 bits per heavy atom. The first-order chi connectivity index (χ1) is 20.4. The topological polar surface area (TPSA) is 137 Å². The van der Waals surface area contributed by atoms with Crippen LogP contribution in [0.4, 0.5) is 11.4 Å². The molecule has 0 aromatic heterocycles. The Balaban J connectivity index is 0.974. The molecule has 10 atom stereocenters. The van der Waals surface area contributed by atoms with Crippen molar-refractivity contribution >= 4 is 35.0 Å². The standard InChI is InChI=1S/C30H28N2O10/c33-25-21-19-4-6-29(41-19,13-37-9-17-11-39-17)23(21)27(35)31(25)15-2-1-3-16(8-15)32-26(34)22-20-5-7-30(42-20,24(22)28(32)36)14-38-10-18-12-40-18/h1-8,17-24H,9-14H2. The predicted molar refractivity (Wildman–Crippen MR) is 140 cm³/mol. The molecule has 0 spiro atoms. The average molecular weight is 577 g/mol. The van der Waals surface area contributed by atoms with Crippen molar-refractivity contribution in [2.75, 3.05) is 49.4 Å². The number of ether oxygens (including phenoxy) is 6. The number of imide groups is 2. The van der Waals surface area contributed by atoms with Crippen molar-refractivity contribution in [3.8, 4) is 0 Å². The van der Waals surface area contributed by atoms with Gasteiger partial charge in [0.1, 0.15) is 23.4 Å². The van der Waals surface area contributed by atoms with E-state index in [9.17, 15) is 19.2 Å². The third-order valence-corrected chi connectivity index (χ3v) is 9.72. The highest BCUT2D eigenvalue weighted by atomic mass is 16.6.